The number of rotatable bonds is 14. The van der Waals surface area contributed by atoms with E-state index >= 15 is 19.2 Å². The second-order valence-electron chi connectivity index (χ2n) is 30.8. The fourth-order valence-corrected chi connectivity index (χ4v) is 14.0. The van der Waals surface area contributed by atoms with E-state index in [0.717, 1.165) is 53.6 Å². The molecular formula is C88H76N4O10. The lowest BCUT2D eigenvalue weighted by atomic mass is 9.80. The summed E-state index contributed by atoms with van der Waals surface area (Å²) in [4.78, 5) is 94.7. The molecule has 0 atom stereocenters. The van der Waals surface area contributed by atoms with Crippen LogP contribution in [0.5, 0.6) is 46.0 Å². The summed E-state index contributed by atoms with van der Waals surface area (Å²) in [5, 5.41) is 11.9. The SMILES string of the molecule is CC(C)(C)c1ccc(Oc2cc3c4c(cc(Oc5ccc(C(C)(C)C)cc5)c5c6c(Oc7ccc(C(C)(C)C)cc7)cc7c8c(cc(Oc9ccc(C(C)(C)C)cc9)c(c2c45)c86)C(=O)N(CC(=O)Nc2ccc4ccccc4c2)C7=O)C(=O)N(CC(=O)Nc2ccc4ccccc4c2)C3=O)cc1. The molecule has 0 saturated carbocycles. The van der Waals surface area contributed by atoms with Crippen molar-refractivity contribution in [2.75, 3.05) is 23.7 Å². The minimum Gasteiger partial charge on any atom is -0.457 e. The van der Waals surface area contributed by atoms with Crippen LogP contribution in [0.1, 0.15) is 147 Å². The molecule has 15 rings (SSSR count). The van der Waals surface area contributed by atoms with Crippen molar-refractivity contribution >= 4 is 111 Å². The molecule has 13 aromatic carbocycles. The summed E-state index contributed by atoms with van der Waals surface area (Å²) in [5.74, 6) is -2.38. The number of carbonyl (C=O) groups excluding carboxylic acids is 6. The monoisotopic (exact) mass is 1350 g/mol. The van der Waals surface area contributed by atoms with Gasteiger partial charge in [-0.15, -0.1) is 0 Å². The Hall–Kier alpha value is -11.9. The number of anilines is 2. The van der Waals surface area contributed by atoms with Crippen LogP contribution in [0, 0.1) is 0 Å². The molecule has 0 bridgehead atoms. The van der Waals surface area contributed by atoms with E-state index in [2.05, 4.69) is 93.7 Å². The molecule has 0 aliphatic carbocycles. The Bertz CT molecular complexity index is 5080. The Kier molecular flexibility index (Phi) is 15.8. The molecule has 0 saturated heterocycles. The highest BCUT2D eigenvalue weighted by atomic mass is 16.5. The number of hydrogen-bond donors (Lipinski definition) is 2. The zero-order valence-electron chi connectivity index (χ0n) is 59.0. The Morgan fingerprint density at radius 2 is 0.539 bits per heavy atom. The van der Waals surface area contributed by atoms with E-state index in [-0.39, 0.29) is 77.7 Å². The molecule has 2 heterocycles. The molecule has 13 aromatic rings. The van der Waals surface area contributed by atoms with Gasteiger partial charge in [0.2, 0.25) is 11.8 Å². The van der Waals surface area contributed by atoms with Crippen molar-refractivity contribution in [3.05, 3.63) is 251 Å². The van der Waals surface area contributed by atoms with Crippen LogP contribution < -0.4 is 29.6 Å². The average molecular weight is 1350 g/mol. The highest BCUT2D eigenvalue weighted by molar-refractivity contribution is 6.45. The number of benzene rings is 13. The number of amides is 6. The minimum absolute atomic E-state index is 0.0305. The quantitative estimate of drug-likeness (QED) is 0.0607. The van der Waals surface area contributed by atoms with Crippen molar-refractivity contribution in [2.24, 2.45) is 0 Å². The third kappa shape index (κ3) is 12.0. The van der Waals surface area contributed by atoms with Crippen LogP contribution in [0.3, 0.4) is 0 Å². The number of fused-ring (bicyclic) bond motifs is 4. The van der Waals surface area contributed by atoms with Gasteiger partial charge in [-0.05, 0) is 163 Å². The van der Waals surface area contributed by atoms with Gasteiger partial charge in [0.1, 0.15) is 59.1 Å². The Morgan fingerprint density at radius 1 is 0.294 bits per heavy atom. The molecule has 2 aliphatic heterocycles. The van der Waals surface area contributed by atoms with Crippen LogP contribution in [0.4, 0.5) is 11.4 Å². The summed E-state index contributed by atoms with van der Waals surface area (Å²) >= 11 is 0. The smallest absolute Gasteiger partial charge is 0.262 e. The van der Waals surface area contributed by atoms with E-state index in [1.807, 2.05) is 170 Å². The van der Waals surface area contributed by atoms with Gasteiger partial charge < -0.3 is 29.6 Å². The second kappa shape index (κ2) is 24.5. The van der Waals surface area contributed by atoms with E-state index in [1.54, 1.807) is 36.4 Å². The zero-order chi connectivity index (χ0) is 71.6. The van der Waals surface area contributed by atoms with E-state index in [9.17, 15) is 9.59 Å². The maximum atomic E-state index is 16.0. The van der Waals surface area contributed by atoms with Crippen molar-refractivity contribution in [3.8, 4) is 46.0 Å². The van der Waals surface area contributed by atoms with Crippen LogP contribution in [-0.2, 0) is 31.2 Å². The predicted octanol–water partition coefficient (Wildman–Crippen LogP) is 20.9. The van der Waals surface area contributed by atoms with Gasteiger partial charge >= 0.3 is 0 Å². The topological polar surface area (TPSA) is 170 Å². The van der Waals surface area contributed by atoms with Gasteiger partial charge in [-0.3, -0.25) is 38.6 Å². The normalized spacial score (nSPS) is 13.5. The van der Waals surface area contributed by atoms with E-state index in [0.29, 0.717) is 66.7 Å². The largest absolute Gasteiger partial charge is 0.457 e. The van der Waals surface area contributed by atoms with Crippen LogP contribution in [0.15, 0.2) is 206 Å². The molecule has 508 valence electrons. The standard InChI is InChI=1S/C88H76N4O10/c1-85(2,3)53-23-33-59(34-24-53)99-67-43-63-73-64(82(96)91(81(63)95)47-71(93)89-57-31-21-49-17-13-15-19-51(49)41-57)45-69(101-61-37-27-55(28-38-61)87(7,8)9)77-78-70(102-62-39-29-56(30-40-62)88(10,11)12)46-66-74-65(83(97)92(84(66)98)48-72(94)90-58-32-22-50-18-14-16-20-52(50)42-58)44-68(76(80(74)78)75(67)79(73)77)100-60-35-25-54(26-36-60)86(4,5)6/h13-46H,47-48H2,1-12H3,(H,89,93)(H,90,94). The highest BCUT2D eigenvalue weighted by Crippen LogP contribution is 2.58. The number of ether oxygens (including phenoxy) is 4. The third-order valence-corrected chi connectivity index (χ3v) is 19.5. The molecule has 2 N–H and O–H groups in total. The second-order valence-corrected chi connectivity index (χ2v) is 30.8. The summed E-state index contributed by atoms with van der Waals surface area (Å²) in [5.41, 5.74) is 4.19. The Labute approximate surface area is 591 Å². The van der Waals surface area contributed by atoms with Crippen LogP contribution >= 0.6 is 0 Å². The summed E-state index contributed by atoms with van der Waals surface area (Å²) in [6, 6.07) is 63.5. The summed E-state index contributed by atoms with van der Waals surface area (Å²) in [6.07, 6.45) is 0. The fourth-order valence-electron chi connectivity index (χ4n) is 14.0. The van der Waals surface area contributed by atoms with Gasteiger partial charge in [0, 0.05) is 54.5 Å². The molecule has 0 spiro atoms. The van der Waals surface area contributed by atoms with Gasteiger partial charge in [-0.1, -0.05) is 192 Å². The molecule has 14 nitrogen and oxygen atoms in total. The molecule has 2 aliphatic rings. The molecule has 0 unspecified atom stereocenters. The molecule has 0 aromatic heterocycles. The van der Waals surface area contributed by atoms with Crippen molar-refractivity contribution in [1.29, 1.82) is 0 Å². The highest BCUT2D eigenvalue weighted by Gasteiger charge is 2.43. The lowest BCUT2D eigenvalue weighted by molar-refractivity contribution is -0.117. The van der Waals surface area contributed by atoms with Crippen LogP contribution in [-0.4, -0.2) is 58.3 Å². The summed E-state index contributed by atoms with van der Waals surface area (Å²) in [6.45, 7) is 24.0. The van der Waals surface area contributed by atoms with E-state index in [4.69, 9.17) is 18.9 Å². The maximum absolute atomic E-state index is 16.0. The van der Waals surface area contributed by atoms with Gasteiger partial charge in [0.15, 0.2) is 0 Å². The van der Waals surface area contributed by atoms with Gasteiger partial charge in [-0.2, -0.15) is 0 Å². The third-order valence-electron chi connectivity index (χ3n) is 19.5. The number of hydrogen-bond acceptors (Lipinski definition) is 10. The Balaban J connectivity index is 1.04. The first kappa shape index (κ1) is 66.0. The first-order valence-electron chi connectivity index (χ1n) is 34.3. The Morgan fingerprint density at radius 3 is 0.784 bits per heavy atom. The molecule has 0 radical (unpaired) electrons. The molecule has 102 heavy (non-hydrogen) atoms. The van der Waals surface area contributed by atoms with E-state index in [1.165, 1.54) is 0 Å². The fraction of sp³-hybridized carbons (Fsp3) is 0.205. The lowest BCUT2D eigenvalue weighted by Crippen LogP contribution is -2.45. The maximum Gasteiger partial charge on any atom is 0.262 e. The number of carbonyl (C=O) groups is 6. The van der Waals surface area contributed by atoms with Crippen molar-refractivity contribution in [2.45, 2.75) is 105 Å². The van der Waals surface area contributed by atoms with Gasteiger partial charge in [-0.25, -0.2) is 0 Å². The van der Waals surface area contributed by atoms with Crippen LogP contribution in [0.2, 0.25) is 0 Å². The predicted molar refractivity (Wildman–Crippen MR) is 404 cm³/mol. The molecule has 14 heteroatoms. The van der Waals surface area contributed by atoms with E-state index < -0.39 is 48.5 Å². The first-order valence-corrected chi connectivity index (χ1v) is 34.3. The number of nitrogens with zero attached hydrogens (tertiary/aromatic N) is 2. The first-order chi connectivity index (χ1) is 48.5. The zero-order valence-corrected chi connectivity index (χ0v) is 59.0. The number of nitrogens with one attached hydrogen (secondary N) is 2. The summed E-state index contributed by atoms with van der Waals surface area (Å²) in [7, 11) is 0. The minimum atomic E-state index is -0.777. The van der Waals surface area contributed by atoms with Crippen LogP contribution in [0.25, 0.3) is 64.6 Å². The average Bonchev–Trinajstić information content (AvgIpc) is 0.672. The van der Waals surface area contributed by atoms with Crippen molar-refractivity contribution in [3.63, 3.8) is 0 Å². The molecular weight excluding hydrogens is 1270 g/mol. The van der Waals surface area contributed by atoms with Gasteiger partial charge in [0.25, 0.3) is 23.6 Å². The lowest BCUT2D eigenvalue weighted by Gasteiger charge is -2.32. The molecule has 6 amide bonds. The molecule has 0 fully saturated rings. The van der Waals surface area contributed by atoms with Crippen molar-refractivity contribution in [1.82, 2.24) is 9.80 Å². The van der Waals surface area contributed by atoms with Gasteiger partial charge in [0.05, 0.1) is 22.3 Å². The summed E-state index contributed by atoms with van der Waals surface area (Å²) < 4.78 is 29.1. The number of imide groups is 2. The van der Waals surface area contributed by atoms with Crippen molar-refractivity contribution < 1.29 is 47.7 Å².